The Kier molecular flexibility index (Phi) is 4.58. The van der Waals surface area contributed by atoms with Gasteiger partial charge in [-0.3, -0.25) is 9.59 Å². The molecule has 0 saturated carbocycles. The quantitative estimate of drug-likeness (QED) is 0.755. The smallest absolute Gasteiger partial charge is 0.222 e. The molecule has 102 valence electrons. The average molecular weight is 253 g/mol. The number of likely N-dealkylation sites (tertiary alicyclic amines) is 1. The van der Waals surface area contributed by atoms with Gasteiger partial charge in [-0.1, -0.05) is 0 Å². The van der Waals surface area contributed by atoms with Gasteiger partial charge in [0.1, 0.15) is 0 Å². The number of hydrogen-bond acceptors (Lipinski definition) is 3. The van der Waals surface area contributed by atoms with Gasteiger partial charge in [-0.15, -0.1) is 0 Å². The second-order valence-corrected chi connectivity index (χ2v) is 5.41. The van der Waals surface area contributed by atoms with Gasteiger partial charge in [0.2, 0.25) is 11.8 Å². The van der Waals surface area contributed by atoms with E-state index in [0.29, 0.717) is 25.4 Å². The first-order chi connectivity index (χ1) is 8.65. The Morgan fingerprint density at radius 1 is 1.50 bits per heavy atom. The monoisotopic (exact) mass is 253 g/mol. The highest BCUT2D eigenvalue weighted by Gasteiger charge is 2.24. The topological polar surface area (TPSA) is 61.4 Å². The molecule has 5 heteroatoms. The first-order valence-corrected chi connectivity index (χ1v) is 6.92. The van der Waals surface area contributed by atoms with Crippen molar-refractivity contribution in [3.05, 3.63) is 0 Å². The van der Waals surface area contributed by atoms with Crippen LogP contribution in [0.15, 0.2) is 0 Å². The van der Waals surface area contributed by atoms with Crippen molar-refractivity contribution >= 4 is 11.8 Å². The summed E-state index contributed by atoms with van der Waals surface area (Å²) in [7, 11) is 1.79. The summed E-state index contributed by atoms with van der Waals surface area (Å²) in [5, 5.41) is 6.43. The van der Waals surface area contributed by atoms with Crippen molar-refractivity contribution in [2.45, 2.75) is 50.6 Å². The van der Waals surface area contributed by atoms with Gasteiger partial charge in [0, 0.05) is 38.5 Å². The molecule has 2 unspecified atom stereocenters. The molecule has 0 radical (unpaired) electrons. The van der Waals surface area contributed by atoms with Crippen LogP contribution in [0.4, 0.5) is 0 Å². The molecule has 18 heavy (non-hydrogen) atoms. The van der Waals surface area contributed by atoms with Crippen LogP contribution < -0.4 is 10.6 Å². The fourth-order valence-corrected chi connectivity index (χ4v) is 2.74. The van der Waals surface area contributed by atoms with Gasteiger partial charge in [-0.2, -0.15) is 0 Å². The molecule has 2 rings (SSSR count). The Balaban J connectivity index is 1.65. The van der Waals surface area contributed by atoms with Crippen molar-refractivity contribution in [3.8, 4) is 0 Å². The average Bonchev–Trinajstić information content (AvgIpc) is 2.84. The van der Waals surface area contributed by atoms with Gasteiger partial charge in [0.05, 0.1) is 0 Å². The number of rotatable bonds is 4. The molecule has 0 aromatic heterocycles. The van der Waals surface area contributed by atoms with Crippen LogP contribution in [0, 0.1) is 0 Å². The van der Waals surface area contributed by atoms with Gasteiger partial charge >= 0.3 is 0 Å². The molecule has 2 atom stereocenters. The number of likely N-dealkylation sites (N-methyl/N-ethyl adjacent to an activating group) is 1. The van der Waals surface area contributed by atoms with Crippen molar-refractivity contribution in [3.63, 3.8) is 0 Å². The Hall–Kier alpha value is -1.10. The lowest BCUT2D eigenvalue weighted by Gasteiger charge is -2.30. The molecule has 2 saturated heterocycles. The summed E-state index contributed by atoms with van der Waals surface area (Å²) in [5.74, 6) is 0.298. The molecule has 0 aliphatic carbocycles. The van der Waals surface area contributed by atoms with Crippen LogP contribution in [0.1, 0.15) is 38.5 Å². The SMILES string of the molecule is CN1CC(NC(=O)CCC2CCCN2)CCC1=O. The van der Waals surface area contributed by atoms with Crippen LogP contribution in [-0.4, -0.2) is 48.9 Å². The van der Waals surface area contributed by atoms with Crippen molar-refractivity contribution in [2.75, 3.05) is 20.1 Å². The third-order valence-electron chi connectivity index (χ3n) is 3.87. The minimum atomic E-state index is 0.122. The summed E-state index contributed by atoms with van der Waals surface area (Å²) in [4.78, 5) is 24.8. The second-order valence-electron chi connectivity index (χ2n) is 5.41. The molecule has 5 nitrogen and oxygen atoms in total. The van der Waals surface area contributed by atoms with E-state index in [2.05, 4.69) is 10.6 Å². The summed E-state index contributed by atoms with van der Waals surface area (Å²) in [5.41, 5.74) is 0. The number of carbonyl (C=O) groups excluding carboxylic acids is 2. The van der Waals surface area contributed by atoms with Gasteiger partial charge in [-0.05, 0) is 32.2 Å². The van der Waals surface area contributed by atoms with Crippen molar-refractivity contribution in [1.82, 2.24) is 15.5 Å². The third-order valence-corrected chi connectivity index (χ3v) is 3.87. The van der Waals surface area contributed by atoms with E-state index < -0.39 is 0 Å². The van der Waals surface area contributed by atoms with E-state index in [-0.39, 0.29) is 17.9 Å². The van der Waals surface area contributed by atoms with E-state index in [9.17, 15) is 9.59 Å². The van der Waals surface area contributed by atoms with Gasteiger partial charge < -0.3 is 15.5 Å². The van der Waals surface area contributed by atoms with E-state index in [4.69, 9.17) is 0 Å². The molecule has 2 heterocycles. The van der Waals surface area contributed by atoms with Crippen molar-refractivity contribution < 1.29 is 9.59 Å². The predicted octanol–water partition coefficient (Wildman–Crippen LogP) is 0.256. The first kappa shape index (κ1) is 13.3. The molecule has 0 bridgehead atoms. The van der Waals surface area contributed by atoms with Crippen LogP contribution in [0.3, 0.4) is 0 Å². The third kappa shape index (κ3) is 3.70. The standard InChI is InChI=1S/C13H23N3O2/c1-16-9-11(5-7-13(16)18)15-12(17)6-4-10-3-2-8-14-10/h10-11,14H,2-9H2,1H3,(H,15,17). The molecule has 2 amide bonds. The Labute approximate surface area is 108 Å². The Morgan fingerprint density at radius 2 is 2.33 bits per heavy atom. The maximum Gasteiger partial charge on any atom is 0.222 e. The van der Waals surface area contributed by atoms with Crippen molar-refractivity contribution in [1.29, 1.82) is 0 Å². The van der Waals surface area contributed by atoms with E-state index >= 15 is 0 Å². The summed E-state index contributed by atoms with van der Waals surface area (Å²) in [6.45, 7) is 1.73. The van der Waals surface area contributed by atoms with E-state index in [1.165, 1.54) is 12.8 Å². The highest BCUT2D eigenvalue weighted by molar-refractivity contribution is 5.78. The Bertz CT molecular complexity index is 313. The number of amides is 2. The highest BCUT2D eigenvalue weighted by atomic mass is 16.2. The maximum atomic E-state index is 11.8. The number of hydrogen-bond donors (Lipinski definition) is 2. The summed E-state index contributed by atoms with van der Waals surface area (Å²) < 4.78 is 0. The van der Waals surface area contributed by atoms with Crippen LogP contribution in [0.25, 0.3) is 0 Å². The molecule has 0 spiro atoms. The van der Waals surface area contributed by atoms with Gasteiger partial charge in [-0.25, -0.2) is 0 Å². The molecule has 2 N–H and O–H groups in total. The highest BCUT2D eigenvalue weighted by Crippen LogP contribution is 2.12. The minimum absolute atomic E-state index is 0.122. The minimum Gasteiger partial charge on any atom is -0.352 e. The van der Waals surface area contributed by atoms with E-state index in [0.717, 1.165) is 19.4 Å². The normalized spacial score (nSPS) is 28.5. The van der Waals surface area contributed by atoms with Crippen LogP contribution in [0.2, 0.25) is 0 Å². The zero-order valence-corrected chi connectivity index (χ0v) is 11.1. The predicted molar refractivity (Wildman–Crippen MR) is 69.1 cm³/mol. The molecular weight excluding hydrogens is 230 g/mol. The van der Waals surface area contributed by atoms with Crippen LogP contribution in [0.5, 0.6) is 0 Å². The molecule has 2 aliphatic rings. The van der Waals surface area contributed by atoms with E-state index in [1.807, 2.05) is 0 Å². The van der Waals surface area contributed by atoms with Gasteiger partial charge in [0.25, 0.3) is 0 Å². The second kappa shape index (κ2) is 6.18. The first-order valence-electron chi connectivity index (χ1n) is 6.92. The lowest BCUT2D eigenvalue weighted by molar-refractivity contribution is -0.134. The number of nitrogens with zero attached hydrogens (tertiary/aromatic N) is 1. The molecule has 2 aliphatic heterocycles. The number of piperidine rings is 1. The van der Waals surface area contributed by atoms with Gasteiger partial charge in [0.15, 0.2) is 0 Å². The van der Waals surface area contributed by atoms with Crippen molar-refractivity contribution in [2.24, 2.45) is 0 Å². The summed E-state index contributed by atoms with van der Waals surface area (Å²) >= 11 is 0. The largest absolute Gasteiger partial charge is 0.352 e. The fourth-order valence-electron chi connectivity index (χ4n) is 2.74. The maximum absolute atomic E-state index is 11.8. The number of carbonyl (C=O) groups is 2. The molecule has 2 fully saturated rings. The zero-order valence-electron chi connectivity index (χ0n) is 11.1. The summed E-state index contributed by atoms with van der Waals surface area (Å²) in [6.07, 6.45) is 5.25. The lowest BCUT2D eigenvalue weighted by Crippen LogP contribution is -2.48. The zero-order chi connectivity index (χ0) is 13.0. The fraction of sp³-hybridized carbons (Fsp3) is 0.846. The lowest BCUT2D eigenvalue weighted by atomic mass is 10.0. The van der Waals surface area contributed by atoms with Crippen LogP contribution >= 0.6 is 0 Å². The van der Waals surface area contributed by atoms with Crippen LogP contribution in [-0.2, 0) is 9.59 Å². The Morgan fingerprint density at radius 3 is 3.00 bits per heavy atom. The molecule has 0 aromatic carbocycles. The van der Waals surface area contributed by atoms with E-state index in [1.54, 1.807) is 11.9 Å². The molecule has 0 aromatic rings. The number of nitrogens with one attached hydrogen (secondary N) is 2. The molecular formula is C13H23N3O2. The summed E-state index contributed by atoms with van der Waals surface area (Å²) in [6, 6.07) is 0.656.